The molecule has 0 radical (unpaired) electrons. The Morgan fingerprint density at radius 3 is 2.53 bits per heavy atom. The van der Waals surface area contributed by atoms with Crippen molar-refractivity contribution in [3.63, 3.8) is 0 Å². The molecule has 2 amide bonds. The second-order valence-corrected chi connectivity index (χ2v) is 10.7. The van der Waals surface area contributed by atoms with Crippen molar-refractivity contribution in [2.24, 2.45) is 10.1 Å². The van der Waals surface area contributed by atoms with Crippen LogP contribution in [0.5, 0.6) is 5.75 Å². The van der Waals surface area contributed by atoms with Gasteiger partial charge in [0.15, 0.2) is 5.17 Å². The van der Waals surface area contributed by atoms with Gasteiger partial charge in [-0.25, -0.2) is 9.80 Å². The number of hydrogen-bond acceptors (Lipinski definition) is 7. The summed E-state index contributed by atoms with van der Waals surface area (Å²) in [5.74, 6) is -0.967. The molecule has 10 heteroatoms. The van der Waals surface area contributed by atoms with Gasteiger partial charge in [-0.05, 0) is 60.2 Å². The number of amides is 2. The Kier molecular flexibility index (Phi) is 7.51. The van der Waals surface area contributed by atoms with E-state index in [9.17, 15) is 19.5 Å². The van der Waals surface area contributed by atoms with E-state index in [0.717, 1.165) is 29.0 Å². The van der Waals surface area contributed by atoms with Crippen LogP contribution in [0.25, 0.3) is 0 Å². The summed E-state index contributed by atoms with van der Waals surface area (Å²) in [4.78, 5) is 43.0. The van der Waals surface area contributed by atoms with Crippen molar-refractivity contribution in [1.82, 2.24) is 9.91 Å². The largest absolute Gasteiger partial charge is 0.497 e. The summed E-state index contributed by atoms with van der Waals surface area (Å²) in [6, 6.07) is 15.1. The van der Waals surface area contributed by atoms with Crippen molar-refractivity contribution >= 4 is 40.4 Å². The molecule has 2 aromatic carbocycles. The lowest BCUT2D eigenvalue weighted by atomic mass is 9.97. The second-order valence-electron chi connectivity index (χ2n) is 9.56. The highest BCUT2D eigenvalue weighted by Crippen LogP contribution is 2.39. The van der Waals surface area contributed by atoms with E-state index in [2.05, 4.69) is 36.2 Å². The molecule has 0 bridgehead atoms. The number of likely N-dealkylation sites (tertiary alicyclic amines) is 1. The summed E-state index contributed by atoms with van der Waals surface area (Å²) >= 11 is 1.23. The van der Waals surface area contributed by atoms with E-state index in [1.54, 1.807) is 12.1 Å². The summed E-state index contributed by atoms with van der Waals surface area (Å²) in [5.41, 5.74) is 4.12. The fourth-order valence-electron chi connectivity index (χ4n) is 5.08. The molecule has 3 aliphatic rings. The van der Waals surface area contributed by atoms with Gasteiger partial charge in [-0.1, -0.05) is 43.0 Å². The number of ether oxygens (including phenoxy) is 1. The SMILES string of the molecule is CCc1ccc([C@@H]2CC(c3ccc(OC)cc3)=NN2C2=NC(=O)[C@@H](CC(=O)N3CCC[C@@H]3C(=O)O)S2)cc1. The minimum atomic E-state index is -1.01. The molecule has 38 heavy (non-hydrogen) atoms. The van der Waals surface area contributed by atoms with Crippen molar-refractivity contribution in [3.05, 3.63) is 65.2 Å². The molecule has 0 aliphatic carbocycles. The van der Waals surface area contributed by atoms with Gasteiger partial charge in [0.1, 0.15) is 17.0 Å². The molecule has 3 heterocycles. The zero-order valence-electron chi connectivity index (χ0n) is 21.4. The Balaban J connectivity index is 1.37. The lowest BCUT2D eigenvalue weighted by Gasteiger charge is -2.24. The van der Waals surface area contributed by atoms with Crippen LogP contribution >= 0.6 is 11.8 Å². The van der Waals surface area contributed by atoms with E-state index in [4.69, 9.17) is 9.84 Å². The first kappa shape index (κ1) is 26.0. The van der Waals surface area contributed by atoms with Crippen LogP contribution in [-0.2, 0) is 20.8 Å². The topological polar surface area (TPSA) is 112 Å². The van der Waals surface area contributed by atoms with Crippen LogP contribution in [-0.4, -0.2) is 68.6 Å². The standard InChI is InChI=1S/C28H30N4O5S/c1-3-17-6-8-19(9-7-17)23-15-21(18-10-12-20(37-2)13-11-18)30-32(23)28-29-26(34)24(38-28)16-25(33)31-14-4-5-22(31)27(35)36/h6-13,22-24H,3-5,14-16H2,1-2H3,(H,35,36)/t22-,23+,24-/m1/s1. The quantitative estimate of drug-likeness (QED) is 0.574. The average Bonchev–Trinajstić information content (AvgIpc) is 3.68. The number of thioether (sulfide) groups is 1. The van der Waals surface area contributed by atoms with Crippen LogP contribution < -0.4 is 4.74 Å². The molecule has 1 N–H and O–H groups in total. The molecular weight excluding hydrogens is 504 g/mol. The molecule has 3 aliphatic heterocycles. The lowest BCUT2D eigenvalue weighted by molar-refractivity contribution is -0.148. The third-order valence-corrected chi connectivity index (χ3v) is 8.39. The molecule has 0 unspecified atom stereocenters. The number of benzene rings is 2. The van der Waals surface area contributed by atoms with E-state index >= 15 is 0 Å². The summed E-state index contributed by atoms with van der Waals surface area (Å²) in [6.45, 7) is 2.51. The Labute approximate surface area is 225 Å². The van der Waals surface area contributed by atoms with Crippen molar-refractivity contribution in [2.75, 3.05) is 13.7 Å². The van der Waals surface area contributed by atoms with E-state index in [1.807, 2.05) is 24.3 Å². The van der Waals surface area contributed by atoms with Crippen LogP contribution in [0, 0.1) is 0 Å². The Bertz CT molecular complexity index is 1290. The average molecular weight is 535 g/mol. The third kappa shape index (κ3) is 5.18. The number of methoxy groups -OCH3 is 1. The van der Waals surface area contributed by atoms with Crippen LogP contribution in [0.15, 0.2) is 58.6 Å². The summed E-state index contributed by atoms with van der Waals surface area (Å²) in [6.07, 6.45) is 2.56. The summed E-state index contributed by atoms with van der Waals surface area (Å²) in [7, 11) is 1.62. The highest BCUT2D eigenvalue weighted by molar-refractivity contribution is 8.15. The number of aliphatic imine (C=N–C) groups is 1. The number of hydrogen-bond donors (Lipinski definition) is 1. The number of aryl methyl sites for hydroxylation is 1. The molecule has 9 nitrogen and oxygen atoms in total. The number of amidine groups is 1. The molecule has 1 saturated heterocycles. The fourth-order valence-corrected chi connectivity index (χ4v) is 6.13. The van der Waals surface area contributed by atoms with Gasteiger partial charge in [0, 0.05) is 19.4 Å². The van der Waals surface area contributed by atoms with Gasteiger partial charge in [0.2, 0.25) is 5.91 Å². The molecule has 3 atom stereocenters. The van der Waals surface area contributed by atoms with Gasteiger partial charge in [-0.3, -0.25) is 9.59 Å². The zero-order valence-corrected chi connectivity index (χ0v) is 22.2. The first-order valence-electron chi connectivity index (χ1n) is 12.8. The number of aliphatic carboxylic acids is 1. The predicted molar refractivity (Wildman–Crippen MR) is 145 cm³/mol. The van der Waals surface area contributed by atoms with E-state index in [0.29, 0.717) is 31.0 Å². The first-order chi connectivity index (χ1) is 18.4. The lowest BCUT2D eigenvalue weighted by Crippen LogP contribution is -2.41. The van der Waals surface area contributed by atoms with Crippen LogP contribution in [0.1, 0.15) is 55.3 Å². The zero-order chi connectivity index (χ0) is 26.8. The van der Waals surface area contributed by atoms with E-state index in [-0.39, 0.29) is 18.4 Å². The second kappa shape index (κ2) is 11.0. The monoisotopic (exact) mass is 534 g/mol. The van der Waals surface area contributed by atoms with Gasteiger partial charge < -0.3 is 14.7 Å². The van der Waals surface area contributed by atoms with Gasteiger partial charge in [-0.2, -0.15) is 10.1 Å². The maximum Gasteiger partial charge on any atom is 0.326 e. The first-order valence-corrected chi connectivity index (χ1v) is 13.7. The molecule has 5 rings (SSSR count). The smallest absolute Gasteiger partial charge is 0.326 e. The van der Waals surface area contributed by atoms with Crippen molar-refractivity contribution < 1.29 is 24.2 Å². The number of hydrazone groups is 1. The molecular formula is C28H30N4O5S. The Hall–Kier alpha value is -3.66. The Morgan fingerprint density at radius 1 is 1.13 bits per heavy atom. The van der Waals surface area contributed by atoms with Gasteiger partial charge in [0.05, 0.1) is 18.9 Å². The maximum absolute atomic E-state index is 12.9. The highest BCUT2D eigenvalue weighted by Gasteiger charge is 2.41. The predicted octanol–water partition coefficient (Wildman–Crippen LogP) is 3.87. The number of nitrogens with zero attached hydrogens (tertiary/aromatic N) is 4. The number of carboxylic acid groups (broad SMARTS) is 1. The molecule has 0 aromatic heterocycles. The molecule has 0 saturated carbocycles. The van der Waals surface area contributed by atoms with Crippen molar-refractivity contribution in [1.29, 1.82) is 0 Å². The fraction of sp³-hybridized carbons (Fsp3) is 0.393. The van der Waals surface area contributed by atoms with E-state index in [1.165, 1.54) is 22.2 Å². The number of carbonyl (C=O) groups is 3. The minimum absolute atomic E-state index is 0.0843. The van der Waals surface area contributed by atoms with E-state index < -0.39 is 23.2 Å². The van der Waals surface area contributed by atoms with Crippen molar-refractivity contribution in [3.8, 4) is 5.75 Å². The summed E-state index contributed by atoms with van der Waals surface area (Å²) in [5, 5.41) is 15.9. The summed E-state index contributed by atoms with van der Waals surface area (Å²) < 4.78 is 5.28. The van der Waals surface area contributed by atoms with Crippen molar-refractivity contribution in [2.45, 2.75) is 56.4 Å². The van der Waals surface area contributed by atoms with Crippen LogP contribution in [0.4, 0.5) is 0 Å². The maximum atomic E-state index is 12.9. The van der Waals surface area contributed by atoms with Gasteiger partial charge in [0.25, 0.3) is 5.91 Å². The minimum Gasteiger partial charge on any atom is -0.497 e. The Morgan fingerprint density at radius 2 is 1.87 bits per heavy atom. The molecule has 198 valence electrons. The third-order valence-electron chi connectivity index (χ3n) is 7.25. The van der Waals surface area contributed by atoms with Gasteiger partial charge in [-0.15, -0.1) is 0 Å². The highest BCUT2D eigenvalue weighted by atomic mass is 32.2. The normalized spacial score (nSPS) is 23.0. The van der Waals surface area contributed by atoms with Crippen LogP contribution in [0.3, 0.4) is 0 Å². The number of carboxylic acids is 1. The number of rotatable bonds is 7. The molecule has 0 spiro atoms. The number of carbonyl (C=O) groups excluding carboxylic acids is 2. The molecule has 1 fully saturated rings. The van der Waals surface area contributed by atoms with Crippen LogP contribution in [0.2, 0.25) is 0 Å². The molecule has 2 aromatic rings. The van der Waals surface area contributed by atoms with Gasteiger partial charge >= 0.3 is 5.97 Å².